The van der Waals surface area contributed by atoms with Crippen LogP contribution < -0.4 is 15.4 Å². The van der Waals surface area contributed by atoms with Crippen LogP contribution in [0.15, 0.2) is 36.7 Å². The lowest BCUT2D eigenvalue weighted by molar-refractivity contribution is 0.0786. The van der Waals surface area contributed by atoms with Crippen molar-refractivity contribution >= 4 is 11.7 Å². The first-order valence-electron chi connectivity index (χ1n) is 9.41. The third kappa shape index (κ3) is 3.60. The average Bonchev–Trinajstić information content (AvgIpc) is 3.37. The molecule has 142 valence electrons. The fourth-order valence-electron chi connectivity index (χ4n) is 3.93. The molecule has 7 nitrogen and oxygen atoms in total. The first kappa shape index (κ1) is 17.7. The van der Waals surface area contributed by atoms with Gasteiger partial charge in [0.1, 0.15) is 17.3 Å². The van der Waals surface area contributed by atoms with Crippen molar-refractivity contribution in [3.63, 3.8) is 0 Å². The highest BCUT2D eigenvalue weighted by molar-refractivity contribution is 5.92. The predicted molar refractivity (Wildman–Crippen MR) is 103 cm³/mol. The molecular weight excluding hydrogens is 342 g/mol. The molecule has 0 radical (unpaired) electrons. The number of carbonyl (C=O) groups is 1. The number of anilines is 1. The number of rotatable bonds is 4. The van der Waals surface area contributed by atoms with E-state index in [1.165, 1.54) is 0 Å². The summed E-state index contributed by atoms with van der Waals surface area (Å²) in [6, 6.07) is 8.01. The van der Waals surface area contributed by atoms with Gasteiger partial charge in [0.15, 0.2) is 0 Å². The van der Waals surface area contributed by atoms with Gasteiger partial charge in [-0.3, -0.25) is 9.78 Å². The van der Waals surface area contributed by atoms with E-state index in [1.807, 2.05) is 23.1 Å². The van der Waals surface area contributed by atoms with E-state index in [9.17, 15) is 4.79 Å². The molecule has 2 N–H and O–H groups in total. The van der Waals surface area contributed by atoms with E-state index < -0.39 is 0 Å². The van der Waals surface area contributed by atoms with Gasteiger partial charge in [0.05, 0.1) is 19.5 Å². The number of aromatic nitrogens is 2. The lowest BCUT2D eigenvalue weighted by Gasteiger charge is -2.19. The smallest absolute Gasteiger partial charge is 0.274 e. The molecule has 2 aromatic rings. The summed E-state index contributed by atoms with van der Waals surface area (Å²) in [4.78, 5) is 25.4. The van der Waals surface area contributed by atoms with E-state index in [1.54, 1.807) is 19.5 Å². The second-order valence-corrected chi connectivity index (χ2v) is 7.21. The maximum absolute atomic E-state index is 12.6. The van der Waals surface area contributed by atoms with Crippen LogP contribution in [-0.2, 0) is 0 Å². The summed E-state index contributed by atoms with van der Waals surface area (Å²) in [5.41, 5.74) is 7.99. The molecule has 0 saturated carbocycles. The van der Waals surface area contributed by atoms with Crippen molar-refractivity contribution in [3.8, 4) is 5.75 Å². The minimum atomic E-state index is -0.0327. The molecule has 7 heteroatoms. The highest BCUT2D eigenvalue weighted by Crippen LogP contribution is 2.31. The summed E-state index contributed by atoms with van der Waals surface area (Å²) >= 11 is 0. The zero-order valence-corrected chi connectivity index (χ0v) is 15.5. The minimum Gasteiger partial charge on any atom is -0.497 e. The fourth-order valence-corrected chi connectivity index (χ4v) is 3.93. The van der Waals surface area contributed by atoms with Gasteiger partial charge in [-0.2, -0.15) is 0 Å². The number of hydrogen-bond acceptors (Lipinski definition) is 6. The molecule has 0 aliphatic carbocycles. The first-order chi connectivity index (χ1) is 13.2. The van der Waals surface area contributed by atoms with Crippen LogP contribution in [0.2, 0.25) is 0 Å². The van der Waals surface area contributed by atoms with Gasteiger partial charge >= 0.3 is 0 Å². The molecule has 2 aliphatic rings. The summed E-state index contributed by atoms with van der Waals surface area (Å²) in [6.45, 7) is 3.02. The Morgan fingerprint density at radius 3 is 2.81 bits per heavy atom. The second kappa shape index (κ2) is 7.52. The van der Waals surface area contributed by atoms with Gasteiger partial charge in [0, 0.05) is 38.1 Å². The maximum atomic E-state index is 12.6. The lowest BCUT2D eigenvalue weighted by atomic mass is 9.95. The van der Waals surface area contributed by atoms with Crippen LogP contribution in [0.1, 0.15) is 34.8 Å². The molecule has 2 saturated heterocycles. The van der Waals surface area contributed by atoms with Crippen LogP contribution in [0.25, 0.3) is 0 Å². The third-order valence-corrected chi connectivity index (χ3v) is 5.45. The largest absolute Gasteiger partial charge is 0.497 e. The number of benzene rings is 1. The van der Waals surface area contributed by atoms with Gasteiger partial charge in [-0.05, 0) is 30.5 Å². The number of methoxy groups -OCH3 is 1. The van der Waals surface area contributed by atoms with Crippen LogP contribution in [0.5, 0.6) is 5.75 Å². The van der Waals surface area contributed by atoms with Gasteiger partial charge < -0.3 is 20.3 Å². The molecule has 3 heterocycles. The molecule has 2 atom stereocenters. The third-order valence-electron chi connectivity index (χ3n) is 5.45. The summed E-state index contributed by atoms with van der Waals surface area (Å²) in [5.74, 6) is 1.69. The van der Waals surface area contributed by atoms with Gasteiger partial charge in [0.2, 0.25) is 0 Å². The van der Waals surface area contributed by atoms with Crippen molar-refractivity contribution in [1.29, 1.82) is 0 Å². The van der Waals surface area contributed by atoms with E-state index in [0.717, 1.165) is 43.8 Å². The number of nitrogens with two attached hydrogens (primary N) is 1. The quantitative estimate of drug-likeness (QED) is 0.885. The van der Waals surface area contributed by atoms with Crippen LogP contribution in [0.3, 0.4) is 0 Å². The van der Waals surface area contributed by atoms with Crippen molar-refractivity contribution in [1.82, 2.24) is 14.9 Å². The fraction of sp³-hybridized carbons (Fsp3) is 0.450. The summed E-state index contributed by atoms with van der Waals surface area (Å²) in [5, 5.41) is 0. The number of likely N-dealkylation sites (tertiary alicyclic amines) is 1. The normalized spacial score (nSPS) is 22.3. The predicted octanol–water partition coefficient (Wildman–Crippen LogP) is 1.65. The zero-order chi connectivity index (χ0) is 18.8. The molecule has 1 aromatic heterocycles. The molecule has 0 unspecified atom stereocenters. The average molecular weight is 367 g/mol. The standard InChI is InChI=1S/C20H25N5O2/c1-27-15-6-4-5-14(9-15)16-12-25(13-17(16)21)19-11-22-10-18(23-19)20(26)24-7-2-3-8-24/h4-6,9-11,16-17H,2-3,7-8,12-13,21H2,1H3/t16-,17+/m0/s1. The Balaban J connectivity index is 1.52. The number of amides is 1. The molecule has 27 heavy (non-hydrogen) atoms. The van der Waals surface area contributed by atoms with Crippen LogP contribution >= 0.6 is 0 Å². The molecular formula is C20H25N5O2. The highest BCUT2D eigenvalue weighted by Gasteiger charge is 2.33. The first-order valence-corrected chi connectivity index (χ1v) is 9.41. The second-order valence-electron chi connectivity index (χ2n) is 7.21. The summed E-state index contributed by atoms with van der Waals surface area (Å²) in [6.07, 6.45) is 5.38. The number of nitrogens with zero attached hydrogens (tertiary/aromatic N) is 4. The van der Waals surface area contributed by atoms with Crippen LogP contribution in [0, 0.1) is 0 Å². The van der Waals surface area contributed by atoms with Crippen LogP contribution in [-0.4, -0.2) is 60.1 Å². The van der Waals surface area contributed by atoms with E-state index in [-0.39, 0.29) is 17.9 Å². The van der Waals surface area contributed by atoms with Gasteiger partial charge in [-0.25, -0.2) is 4.98 Å². The lowest BCUT2D eigenvalue weighted by Crippen LogP contribution is -2.30. The van der Waals surface area contributed by atoms with Gasteiger partial charge in [-0.15, -0.1) is 0 Å². The molecule has 1 amide bonds. The van der Waals surface area contributed by atoms with E-state index >= 15 is 0 Å². The molecule has 0 spiro atoms. The summed E-state index contributed by atoms with van der Waals surface area (Å²) < 4.78 is 5.33. The van der Waals surface area contributed by atoms with Gasteiger partial charge in [0.25, 0.3) is 5.91 Å². The van der Waals surface area contributed by atoms with Gasteiger partial charge in [-0.1, -0.05) is 12.1 Å². The Kier molecular flexibility index (Phi) is 4.94. The van der Waals surface area contributed by atoms with Crippen molar-refractivity contribution in [2.24, 2.45) is 5.73 Å². The van der Waals surface area contributed by atoms with E-state index in [0.29, 0.717) is 18.1 Å². The van der Waals surface area contributed by atoms with Crippen molar-refractivity contribution in [2.45, 2.75) is 24.8 Å². The molecule has 2 fully saturated rings. The minimum absolute atomic E-state index is 0.0168. The summed E-state index contributed by atoms with van der Waals surface area (Å²) in [7, 11) is 1.67. The van der Waals surface area contributed by atoms with Crippen molar-refractivity contribution in [3.05, 3.63) is 47.9 Å². The zero-order valence-electron chi connectivity index (χ0n) is 15.5. The highest BCUT2D eigenvalue weighted by atomic mass is 16.5. The number of hydrogen-bond donors (Lipinski definition) is 1. The molecule has 2 aliphatic heterocycles. The van der Waals surface area contributed by atoms with E-state index in [4.69, 9.17) is 10.5 Å². The topological polar surface area (TPSA) is 84.6 Å². The van der Waals surface area contributed by atoms with E-state index in [2.05, 4.69) is 20.9 Å². The molecule has 4 rings (SSSR count). The Hall–Kier alpha value is -2.67. The number of ether oxygens (including phenoxy) is 1. The monoisotopic (exact) mass is 367 g/mol. The maximum Gasteiger partial charge on any atom is 0.274 e. The Labute approximate surface area is 159 Å². The molecule has 1 aromatic carbocycles. The Morgan fingerprint density at radius 2 is 2.04 bits per heavy atom. The number of carbonyl (C=O) groups excluding carboxylic acids is 1. The van der Waals surface area contributed by atoms with Crippen LogP contribution in [0.4, 0.5) is 5.82 Å². The SMILES string of the molecule is COc1cccc([C@@H]2CN(c3cncc(C(=O)N4CCCC4)n3)C[C@H]2N)c1. The molecule has 0 bridgehead atoms. The van der Waals surface area contributed by atoms with Crippen molar-refractivity contribution in [2.75, 3.05) is 38.2 Å². The Bertz CT molecular complexity index is 822. The van der Waals surface area contributed by atoms with Crippen molar-refractivity contribution < 1.29 is 9.53 Å². The Morgan fingerprint density at radius 1 is 1.22 bits per heavy atom.